The molecule has 0 aliphatic heterocycles. The molecule has 4 rings (SSSR count). The highest BCUT2D eigenvalue weighted by molar-refractivity contribution is 5.80. The minimum absolute atomic E-state index is 0.233. The monoisotopic (exact) mass is 319 g/mol. The van der Waals surface area contributed by atoms with Crippen molar-refractivity contribution in [3.05, 3.63) is 66.4 Å². The van der Waals surface area contributed by atoms with Gasteiger partial charge in [0, 0.05) is 17.4 Å². The number of nitrogens with one attached hydrogen (secondary N) is 2. The lowest BCUT2D eigenvalue weighted by molar-refractivity contribution is 0.619. The Morgan fingerprint density at radius 3 is 2.83 bits per heavy atom. The second-order valence-electron chi connectivity index (χ2n) is 5.49. The molecule has 2 heterocycles. The second kappa shape index (κ2) is 5.73. The fourth-order valence-corrected chi connectivity index (χ4v) is 2.53. The molecule has 0 unspecified atom stereocenters. The van der Waals surface area contributed by atoms with Crippen LogP contribution in [0.1, 0.15) is 5.56 Å². The van der Waals surface area contributed by atoms with E-state index in [1.165, 1.54) is 6.07 Å². The number of H-pyrrole nitrogens is 1. The Labute approximate surface area is 137 Å². The van der Waals surface area contributed by atoms with Crippen LogP contribution in [-0.2, 0) is 0 Å². The largest absolute Gasteiger partial charge is 0.345 e. The molecule has 0 fully saturated rings. The number of rotatable bonds is 3. The number of halogens is 1. The molecule has 6 heteroatoms. The van der Waals surface area contributed by atoms with Crippen molar-refractivity contribution in [2.24, 2.45) is 0 Å². The van der Waals surface area contributed by atoms with Crippen LogP contribution in [0.2, 0.25) is 0 Å². The van der Waals surface area contributed by atoms with Crippen LogP contribution in [-0.4, -0.2) is 19.9 Å². The van der Waals surface area contributed by atoms with Gasteiger partial charge in [-0.2, -0.15) is 0 Å². The van der Waals surface area contributed by atoms with Gasteiger partial charge < -0.3 is 10.3 Å². The van der Waals surface area contributed by atoms with Crippen LogP contribution < -0.4 is 5.32 Å². The molecule has 2 N–H and O–H groups in total. The molecule has 0 aliphatic rings. The molecular weight excluding hydrogens is 305 g/mol. The van der Waals surface area contributed by atoms with Crippen molar-refractivity contribution in [1.29, 1.82) is 0 Å². The van der Waals surface area contributed by atoms with Gasteiger partial charge in [-0.1, -0.05) is 6.07 Å². The molecule has 0 amide bonds. The molecule has 0 atom stereocenters. The third-order valence-electron chi connectivity index (χ3n) is 3.79. The Balaban J connectivity index is 1.66. The maximum atomic E-state index is 13.4. The first-order valence-electron chi connectivity index (χ1n) is 7.49. The molecule has 4 aromatic rings. The van der Waals surface area contributed by atoms with Gasteiger partial charge in [0.05, 0.1) is 23.1 Å². The average Bonchev–Trinajstić information content (AvgIpc) is 3.06. The van der Waals surface area contributed by atoms with Gasteiger partial charge in [0.2, 0.25) is 5.95 Å². The highest BCUT2D eigenvalue weighted by Gasteiger charge is 2.06. The molecule has 0 radical (unpaired) electrons. The third-order valence-corrected chi connectivity index (χ3v) is 3.79. The van der Waals surface area contributed by atoms with Crippen molar-refractivity contribution in [1.82, 2.24) is 19.9 Å². The summed E-state index contributed by atoms with van der Waals surface area (Å²) in [5.41, 5.74) is 4.94. The summed E-state index contributed by atoms with van der Waals surface area (Å²) in [4.78, 5) is 16.1. The number of aromatic amines is 1. The number of hydrogen-bond acceptors (Lipinski definition) is 4. The van der Waals surface area contributed by atoms with Crippen molar-refractivity contribution >= 4 is 22.7 Å². The molecule has 118 valence electrons. The first kappa shape index (κ1) is 14.3. The van der Waals surface area contributed by atoms with Crippen LogP contribution >= 0.6 is 0 Å². The van der Waals surface area contributed by atoms with Crippen LogP contribution in [0.15, 0.2) is 55.0 Å². The normalized spacial score (nSPS) is 10.9. The van der Waals surface area contributed by atoms with E-state index in [2.05, 4.69) is 25.3 Å². The van der Waals surface area contributed by atoms with Crippen LogP contribution in [0.25, 0.3) is 22.3 Å². The van der Waals surface area contributed by atoms with Gasteiger partial charge in [-0.05, 0) is 48.9 Å². The number of imidazole rings is 1. The van der Waals surface area contributed by atoms with E-state index in [-0.39, 0.29) is 5.82 Å². The highest BCUT2D eigenvalue weighted by Crippen LogP contribution is 2.23. The van der Waals surface area contributed by atoms with Gasteiger partial charge in [0.25, 0.3) is 0 Å². The Hall–Kier alpha value is -3.28. The summed E-state index contributed by atoms with van der Waals surface area (Å²) in [5.74, 6) is 0.228. The fraction of sp³-hybridized carbons (Fsp3) is 0.0556. The molecule has 24 heavy (non-hydrogen) atoms. The van der Waals surface area contributed by atoms with Crippen LogP contribution in [0.4, 0.5) is 16.0 Å². The van der Waals surface area contributed by atoms with Crippen LogP contribution in [0, 0.1) is 12.7 Å². The zero-order valence-electron chi connectivity index (χ0n) is 12.9. The van der Waals surface area contributed by atoms with E-state index >= 15 is 0 Å². The topological polar surface area (TPSA) is 66.5 Å². The molecule has 2 aromatic heterocycles. The van der Waals surface area contributed by atoms with E-state index < -0.39 is 0 Å². The molecular formula is C18H14FN5. The molecule has 2 aromatic carbocycles. The van der Waals surface area contributed by atoms with Crippen LogP contribution in [0.3, 0.4) is 0 Å². The van der Waals surface area contributed by atoms with Gasteiger partial charge in [0.1, 0.15) is 5.82 Å². The van der Waals surface area contributed by atoms with Crippen molar-refractivity contribution in [3.63, 3.8) is 0 Å². The van der Waals surface area contributed by atoms with Crippen molar-refractivity contribution in [3.8, 4) is 11.3 Å². The van der Waals surface area contributed by atoms with Gasteiger partial charge in [0.15, 0.2) is 0 Å². The quantitative estimate of drug-likeness (QED) is 0.593. The summed E-state index contributed by atoms with van der Waals surface area (Å²) in [6, 6.07) is 12.6. The number of aromatic nitrogens is 4. The van der Waals surface area contributed by atoms with Gasteiger partial charge in [-0.15, -0.1) is 0 Å². The second-order valence-corrected chi connectivity index (χ2v) is 5.49. The number of nitrogens with zero attached hydrogens (tertiary/aromatic N) is 3. The lowest BCUT2D eigenvalue weighted by Gasteiger charge is -2.08. The minimum atomic E-state index is -0.233. The van der Waals surface area contributed by atoms with E-state index in [0.29, 0.717) is 11.5 Å². The summed E-state index contributed by atoms with van der Waals surface area (Å²) in [6.07, 6.45) is 3.36. The zero-order chi connectivity index (χ0) is 16.5. The maximum absolute atomic E-state index is 13.4. The number of aryl methyl sites for hydroxylation is 1. The molecule has 5 nitrogen and oxygen atoms in total. The SMILES string of the molecule is Cc1cc(Nc2nccc(-c3ccc4nc[nH]c4c3)n2)ccc1F. The summed E-state index contributed by atoms with van der Waals surface area (Å²) >= 11 is 0. The lowest BCUT2D eigenvalue weighted by Crippen LogP contribution is -1.98. The maximum Gasteiger partial charge on any atom is 0.227 e. The fourth-order valence-electron chi connectivity index (χ4n) is 2.53. The predicted octanol–water partition coefficient (Wildman–Crippen LogP) is 4.21. The number of benzene rings is 2. The summed E-state index contributed by atoms with van der Waals surface area (Å²) in [5, 5.41) is 3.11. The van der Waals surface area contributed by atoms with E-state index in [9.17, 15) is 4.39 Å². The van der Waals surface area contributed by atoms with Crippen molar-refractivity contribution in [2.75, 3.05) is 5.32 Å². The van der Waals surface area contributed by atoms with E-state index in [1.54, 1.807) is 31.6 Å². The minimum Gasteiger partial charge on any atom is -0.345 e. The number of anilines is 2. The Bertz CT molecular complexity index is 1020. The molecule has 0 aliphatic carbocycles. The first-order chi connectivity index (χ1) is 11.7. The van der Waals surface area contributed by atoms with Gasteiger partial charge >= 0.3 is 0 Å². The number of fused-ring (bicyclic) bond motifs is 1. The van der Waals surface area contributed by atoms with Crippen molar-refractivity contribution < 1.29 is 4.39 Å². The lowest BCUT2D eigenvalue weighted by atomic mass is 10.1. The first-order valence-corrected chi connectivity index (χ1v) is 7.49. The standard InChI is InChI=1S/C18H14FN5/c1-11-8-13(3-4-14(11)19)23-18-20-7-6-15(24-18)12-2-5-16-17(9-12)22-10-21-16/h2-10H,1H3,(H,21,22)(H,20,23,24). The van der Waals surface area contributed by atoms with Gasteiger partial charge in [-0.25, -0.2) is 19.3 Å². The Kier molecular flexibility index (Phi) is 3.42. The third kappa shape index (κ3) is 2.69. The summed E-state index contributed by atoms with van der Waals surface area (Å²) in [7, 11) is 0. The van der Waals surface area contributed by atoms with E-state index in [4.69, 9.17) is 0 Å². The summed E-state index contributed by atoms with van der Waals surface area (Å²) < 4.78 is 13.4. The molecule has 0 spiro atoms. The molecule has 0 bridgehead atoms. The Morgan fingerprint density at radius 1 is 1.04 bits per heavy atom. The number of hydrogen-bond donors (Lipinski definition) is 2. The molecule has 0 saturated carbocycles. The van der Waals surface area contributed by atoms with Gasteiger partial charge in [-0.3, -0.25) is 0 Å². The predicted molar refractivity (Wildman–Crippen MR) is 91.5 cm³/mol. The summed E-state index contributed by atoms with van der Waals surface area (Å²) in [6.45, 7) is 1.72. The van der Waals surface area contributed by atoms with E-state index in [0.717, 1.165) is 28.0 Å². The van der Waals surface area contributed by atoms with Crippen LogP contribution in [0.5, 0.6) is 0 Å². The zero-order valence-corrected chi connectivity index (χ0v) is 12.9. The van der Waals surface area contributed by atoms with E-state index in [1.807, 2.05) is 24.3 Å². The average molecular weight is 319 g/mol. The smallest absolute Gasteiger partial charge is 0.227 e. The highest BCUT2D eigenvalue weighted by atomic mass is 19.1. The van der Waals surface area contributed by atoms with Crippen molar-refractivity contribution in [2.45, 2.75) is 6.92 Å². The Morgan fingerprint density at radius 2 is 1.96 bits per heavy atom. The molecule has 0 saturated heterocycles.